The van der Waals surface area contributed by atoms with Gasteiger partial charge in [-0.3, -0.25) is 0 Å². The lowest BCUT2D eigenvalue weighted by molar-refractivity contribution is -0.239. The summed E-state index contributed by atoms with van der Waals surface area (Å²) < 4.78 is 0. The van der Waals surface area contributed by atoms with Crippen molar-refractivity contribution in [3.8, 4) is 0 Å². The summed E-state index contributed by atoms with van der Waals surface area (Å²) in [5.74, 6) is 0. The molecule has 0 aliphatic rings. The van der Waals surface area contributed by atoms with Gasteiger partial charge < -0.3 is 20.4 Å². The molecule has 0 aliphatic carbocycles. The first-order chi connectivity index (χ1) is 6.39. The second-order valence-electron chi connectivity index (χ2n) is 5.82. The second kappa shape index (κ2) is 4.01. The van der Waals surface area contributed by atoms with Gasteiger partial charge in [-0.1, -0.05) is 41.5 Å². The van der Waals surface area contributed by atoms with E-state index in [0.717, 1.165) is 0 Å². The Labute approximate surface area is 91.6 Å². The fourth-order valence-corrected chi connectivity index (χ4v) is 1.48. The summed E-state index contributed by atoms with van der Waals surface area (Å²) in [6.45, 7) is 10.4. The second-order valence-corrected chi connectivity index (χ2v) is 5.82. The van der Waals surface area contributed by atoms with E-state index in [1.54, 1.807) is 41.5 Å². The first kappa shape index (κ1) is 14.8. The van der Waals surface area contributed by atoms with E-state index in [-0.39, 0.29) is 0 Å². The fraction of sp³-hybridized carbons (Fsp3) is 1.00. The van der Waals surface area contributed by atoms with Crippen molar-refractivity contribution >= 4 is 0 Å². The van der Waals surface area contributed by atoms with Crippen LogP contribution in [0.25, 0.3) is 0 Å². The summed E-state index contributed by atoms with van der Waals surface area (Å²) in [6, 6.07) is 0. The third-order valence-corrected chi connectivity index (χ3v) is 4.51. The first-order valence-corrected chi connectivity index (χ1v) is 5.11. The molecule has 4 nitrogen and oxygen atoms in total. The van der Waals surface area contributed by atoms with Gasteiger partial charge in [0.25, 0.3) is 0 Å². The van der Waals surface area contributed by atoms with Crippen LogP contribution in [0.3, 0.4) is 0 Å². The molecule has 15 heavy (non-hydrogen) atoms. The molecule has 92 valence electrons. The summed E-state index contributed by atoms with van der Waals surface area (Å²) in [5.41, 5.74) is -2.36. The maximum atomic E-state index is 9.35. The van der Waals surface area contributed by atoms with Gasteiger partial charge in [0, 0.05) is 10.8 Å². The molecule has 4 heteroatoms. The van der Waals surface area contributed by atoms with Crippen LogP contribution in [0.4, 0.5) is 0 Å². The van der Waals surface area contributed by atoms with Crippen LogP contribution in [-0.4, -0.2) is 33.0 Å². The number of rotatable bonds is 4. The summed E-state index contributed by atoms with van der Waals surface area (Å²) in [5, 5.41) is 37.4. The molecule has 0 heterocycles. The first-order valence-electron chi connectivity index (χ1n) is 5.11. The zero-order valence-corrected chi connectivity index (χ0v) is 10.4. The third kappa shape index (κ3) is 2.18. The minimum Gasteiger partial charge on any atom is -0.368 e. The van der Waals surface area contributed by atoms with E-state index >= 15 is 0 Å². The molecule has 0 radical (unpaired) electrons. The van der Waals surface area contributed by atoms with E-state index in [9.17, 15) is 20.4 Å². The SMILES string of the molecule is CC(C)(C(O)O)C(C)(C)C(C)(C)C(O)O. The van der Waals surface area contributed by atoms with Gasteiger partial charge in [0.15, 0.2) is 12.6 Å². The topological polar surface area (TPSA) is 80.9 Å². The van der Waals surface area contributed by atoms with Crippen molar-refractivity contribution in [2.45, 2.75) is 54.1 Å². The molecule has 0 fully saturated rings. The lowest BCUT2D eigenvalue weighted by atomic mass is 9.54. The van der Waals surface area contributed by atoms with Crippen LogP contribution in [0.15, 0.2) is 0 Å². The van der Waals surface area contributed by atoms with Crippen molar-refractivity contribution in [3.63, 3.8) is 0 Å². The summed E-state index contributed by atoms with van der Waals surface area (Å²) in [4.78, 5) is 0. The van der Waals surface area contributed by atoms with Gasteiger partial charge >= 0.3 is 0 Å². The van der Waals surface area contributed by atoms with Crippen LogP contribution in [0, 0.1) is 16.2 Å². The maximum Gasteiger partial charge on any atom is 0.157 e. The van der Waals surface area contributed by atoms with E-state index in [4.69, 9.17) is 0 Å². The lowest BCUT2D eigenvalue weighted by Crippen LogP contribution is -2.54. The van der Waals surface area contributed by atoms with Crippen molar-refractivity contribution < 1.29 is 20.4 Å². The third-order valence-electron chi connectivity index (χ3n) is 4.51. The van der Waals surface area contributed by atoms with Crippen molar-refractivity contribution in [2.75, 3.05) is 0 Å². The molecule has 0 saturated carbocycles. The monoisotopic (exact) mass is 220 g/mol. The molecule has 0 aromatic rings. The van der Waals surface area contributed by atoms with Gasteiger partial charge in [0.05, 0.1) is 0 Å². The summed E-state index contributed by atoms with van der Waals surface area (Å²) >= 11 is 0. The highest BCUT2D eigenvalue weighted by atomic mass is 16.5. The van der Waals surface area contributed by atoms with Gasteiger partial charge in [0.2, 0.25) is 0 Å². The van der Waals surface area contributed by atoms with Gasteiger partial charge in [-0.25, -0.2) is 0 Å². The predicted molar refractivity (Wildman–Crippen MR) is 57.8 cm³/mol. The van der Waals surface area contributed by atoms with Crippen LogP contribution in [-0.2, 0) is 0 Å². The van der Waals surface area contributed by atoms with E-state index in [2.05, 4.69) is 0 Å². The Kier molecular flexibility index (Phi) is 3.97. The van der Waals surface area contributed by atoms with Crippen LogP contribution < -0.4 is 0 Å². The average Bonchev–Trinajstić information content (AvgIpc) is 2.02. The molecule has 0 aliphatic heterocycles. The molecule has 0 atom stereocenters. The molecule has 4 N–H and O–H groups in total. The van der Waals surface area contributed by atoms with Gasteiger partial charge in [0.1, 0.15) is 0 Å². The molecule has 0 aromatic heterocycles. The van der Waals surface area contributed by atoms with Gasteiger partial charge in [-0.05, 0) is 5.41 Å². The molecule has 0 unspecified atom stereocenters. The number of aliphatic hydroxyl groups is 4. The standard InChI is InChI=1S/C11H24O4/c1-9(2,7(12)13)11(5,6)10(3,4)8(14)15/h7-8,12-15H,1-6H3. The number of aliphatic hydroxyl groups excluding tert-OH is 2. The zero-order chi connectivity index (χ0) is 12.7. The van der Waals surface area contributed by atoms with Crippen LogP contribution in [0.2, 0.25) is 0 Å². The van der Waals surface area contributed by atoms with E-state index < -0.39 is 28.8 Å². The van der Waals surface area contributed by atoms with Gasteiger partial charge in [-0.15, -0.1) is 0 Å². The Morgan fingerprint density at radius 3 is 0.933 bits per heavy atom. The van der Waals surface area contributed by atoms with Crippen LogP contribution >= 0.6 is 0 Å². The fourth-order valence-electron chi connectivity index (χ4n) is 1.48. The van der Waals surface area contributed by atoms with Crippen LogP contribution in [0.1, 0.15) is 41.5 Å². The van der Waals surface area contributed by atoms with Crippen molar-refractivity contribution in [2.24, 2.45) is 16.2 Å². The normalized spacial score (nSPS) is 15.2. The zero-order valence-electron chi connectivity index (χ0n) is 10.4. The minimum absolute atomic E-state index is 0.664. The quantitative estimate of drug-likeness (QED) is 0.525. The summed E-state index contributed by atoms with van der Waals surface area (Å²) in [7, 11) is 0. The number of hydrogen-bond donors (Lipinski definition) is 4. The predicted octanol–water partition coefficient (Wildman–Crippen LogP) is 0.686. The highest BCUT2D eigenvalue weighted by Crippen LogP contribution is 2.53. The van der Waals surface area contributed by atoms with E-state index in [0.29, 0.717) is 0 Å². The molecule has 0 aromatic carbocycles. The Bertz CT molecular complexity index is 195. The Hall–Kier alpha value is -0.160. The summed E-state index contributed by atoms with van der Waals surface area (Å²) in [6.07, 6.45) is -3.02. The van der Waals surface area contributed by atoms with Crippen molar-refractivity contribution in [3.05, 3.63) is 0 Å². The van der Waals surface area contributed by atoms with Gasteiger partial charge in [-0.2, -0.15) is 0 Å². The molecular formula is C11H24O4. The minimum atomic E-state index is -1.51. The molecular weight excluding hydrogens is 196 g/mol. The molecule has 0 spiro atoms. The molecule has 0 amide bonds. The highest BCUT2D eigenvalue weighted by molar-refractivity contribution is 4.98. The Morgan fingerprint density at radius 1 is 0.600 bits per heavy atom. The smallest absolute Gasteiger partial charge is 0.157 e. The largest absolute Gasteiger partial charge is 0.368 e. The molecule has 0 saturated heterocycles. The highest BCUT2D eigenvalue weighted by Gasteiger charge is 2.53. The molecule has 0 bridgehead atoms. The van der Waals surface area contributed by atoms with Crippen molar-refractivity contribution in [1.82, 2.24) is 0 Å². The maximum absolute atomic E-state index is 9.35. The molecule has 0 rings (SSSR count). The Balaban J connectivity index is 5.30. The van der Waals surface area contributed by atoms with E-state index in [1.807, 2.05) is 0 Å². The van der Waals surface area contributed by atoms with Crippen molar-refractivity contribution in [1.29, 1.82) is 0 Å². The van der Waals surface area contributed by atoms with Crippen LogP contribution in [0.5, 0.6) is 0 Å². The number of hydrogen-bond acceptors (Lipinski definition) is 4. The van der Waals surface area contributed by atoms with E-state index in [1.165, 1.54) is 0 Å². The average molecular weight is 220 g/mol. The lowest BCUT2D eigenvalue weighted by Gasteiger charge is -2.53. The Morgan fingerprint density at radius 2 is 0.800 bits per heavy atom.